The van der Waals surface area contributed by atoms with Gasteiger partial charge in [-0.1, -0.05) is 0 Å². The fourth-order valence-electron chi connectivity index (χ4n) is 3.00. The molecule has 7 nitrogen and oxygen atoms in total. The van der Waals surface area contributed by atoms with Gasteiger partial charge in [0.05, 0.1) is 11.5 Å². The summed E-state index contributed by atoms with van der Waals surface area (Å²) in [7, 11) is -3.72. The number of sulfonamides is 1. The standard InChI is InChI=1S/C19H23N3O4S/c1-3-20-19(23)22-12-11-14-13-17(9-10-18(14)22)27(24,25)21-15-5-7-16(8-6-15)26-4-2/h5-10,13,21H,3-4,11-12H2,1-2H3,(H,20,23). The molecule has 27 heavy (non-hydrogen) atoms. The van der Waals surface area contributed by atoms with Crippen molar-refractivity contribution in [1.29, 1.82) is 0 Å². The van der Waals surface area contributed by atoms with Crippen LogP contribution in [-0.2, 0) is 16.4 Å². The Kier molecular flexibility index (Phi) is 5.55. The molecule has 144 valence electrons. The Labute approximate surface area is 159 Å². The highest BCUT2D eigenvalue weighted by Gasteiger charge is 2.26. The minimum absolute atomic E-state index is 0.167. The molecule has 0 radical (unpaired) electrons. The lowest BCUT2D eigenvalue weighted by Crippen LogP contribution is -2.38. The Bertz CT molecular complexity index is 926. The van der Waals surface area contributed by atoms with E-state index < -0.39 is 10.0 Å². The average molecular weight is 389 g/mol. The van der Waals surface area contributed by atoms with E-state index in [4.69, 9.17) is 4.74 Å². The fraction of sp³-hybridized carbons (Fsp3) is 0.316. The van der Waals surface area contributed by atoms with Crippen LogP contribution < -0.4 is 19.7 Å². The molecule has 8 heteroatoms. The Morgan fingerprint density at radius 2 is 1.89 bits per heavy atom. The van der Waals surface area contributed by atoms with Gasteiger partial charge in [0, 0.05) is 24.5 Å². The van der Waals surface area contributed by atoms with Crippen LogP contribution in [0.4, 0.5) is 16.2 Å². The fourth-order valence-corrected chi connectivity index (χ4v) is 4.11. The second-order valence-corrected chi connectivity index (χ2v) is 7.77. The zero-order chi connectivity index (χ0) is 19.4. The van der Waals surface area contributed by atoms with Crippen molar-refractivity contribution in [2.75, 3.05) is 29.3 Å². The van der Waals surface area contributed by atoms with Gasteiger partial charge in [0.1, 0.15) is 5.75 Å². The van der Waals surface area contributed by atoms with Crippen molar-refractivity contribution in [3.8, 4) is 5.75 Å². The van der Waals surface area contributed by atoms with E-state index in [9.17, 15) is 13.2 Å². The topological polar surface area (TPSA) is 87.7 Å². The third kappa shape index (κ3) is 4.16. The van der Waals surface area contributed by atoms with E-state index in [2.05, 4.69) is 10.0 Å². The molecule has 0 bridgehead atoms. The van der Waals surface area contributed by atoms with Crippen LogP contribution in [-0.4, -0.2) is 34.1 Å². The van der Waals surface area contributed by atoms with Crippen LogP contribution in [0.25, 0.3) is 0 Å². The van der Waals surface area contributed by atoms with Crippen LogP contribution in [0.3, 0.4) is 0 Å². The van der Waals surface area contributed by atoms with Crippen molar-refractivity contribution >= 4 is 27.4 Å². The van der Waals surface area contributed by atoms with Gasteiger partial charge in [-0.25, -0.2) is 13.2 Å². The second-order valence-electron chi connectivity index (χ2n) is 6.09. The SMILES string of the molecule is CCNC(=O)N1CCc2cc(S(=O)(=O)Nc3ccc(OCC)cc3)ccc21. The summed E-state index contributed by atoms with van der Waals surface area (Å²) in [6.07, 6.45) is 0.624. The number of carbonyl (C=O) groups excluding carboxylic acids is 1. The molecular weight excluding hydrogens is 366 g/mol. The molecule has 2 amide bonds. The molecule has 0 saturated carbocycles. The van der Waals surface area contributed by atoms with Gasteiger partial charge in [-0.05, 0) is 68.3 Å². The second kappa shape index (κ2) is 7.87. The molecule has 0 saturated heterocycles. The number of anilines is 2. The Morgan fingerprint density at radius 1 is 1.15 bits per heavy atom. The number of nitrogens with one attached hydrogen (secondary N) is 2. The molecule has 0 spiro atoms. The molecule has 0 aliphatic carbocycles. The first-order valence-electron chi connectivity index (χ1n) is 8.88. The van der Waals surface area contributed by atoms with Gasteiger partial charge < -0.3 is 10.1 Å². The Balaban J connectivity index is 1.79. The van der Waals surface area contributed by atoms with Crippen LogP contribution in [0.5, 0.6) is 5.75 Å². The molecular formula is C19H23N3O4S. The predicted molar refractivity (Wildman–Crippen MR) is 105 cm³/mol. The molecule has 0 unspecified atom stereocenters. The third-order valence-corrected chi connectivity index (χ3v) is 5.63. The van der Waals surface area contributed by atoms with Gasteiger partial charge in [0.15, 0.2) is 0 Å². The van der Waals surface area contributed by atoms with Gasteiger partial charge >= 0.3 is 6.03 Å². The number of hydrogen-bond acceptors (Lipinski definition) is 4. The van der Waals surface area contributed by atoms with Gasteiger partial charge in [-0.3, -0.25) is 9.62 Å². The summed E-state index contributed by atoms with van der Waals surface area (Å²) in [5.74, 6) is 0.684. The number of ether oxygens (including phenoxy) is 1. The molecule has 2 aromatic rings. The maximum Gasteiger partial charge on any atom is 0.321 e. The number of amides is 2. The minimum Gasteiger partial charge on any atom is -0.494 e. The first-order chi connectivity index (χ1) is 12.9. The van der Waals surface area contributed by atoms with Gasteiger partial charge in [0.2, 0.25) is 0 Å². The minimum atomic E-state index is -3.72. The number of hydrogen-bond donors (Lipinski definition) is 2. The molecule has 1 aliphatic heterocycles. The average Bonchev–Trinajstić information content (AvgIpc) is 3.07. The summed E-state index contributed by atoms with van der Waals surface area (Å²) in [6, 6.07) is 11.4. The molecule has 0 aromatic heterocycles. The van der Waals surface area contributed by atoms with E-state index in [1.807, 2.05) is 13.8 Å². The molecule has 2 aromatic carbocycles. The first kappa shape index (κ1) is 19.0. The maximum absolute atomic E-state index is 12.7. The van der Waals surface area contributed by atoms with Gasteiger partial charge in [-0.15, -0.1) is 0 Å². The van der Waals surface area contributed by atoms with Crippen LogP contribution in [0, 0.1) is 0 Å². The zero-order valence-corrected chi connectivity index (χ0v) is 16.2. The van der Waals surface area contributed by atoms with Gasteiger partial charge in [0.25, 0.3) is 10.0 Å². The summed E-state index contributed by atoms with van der Waals surface area (Å²) in [5.41, 5.74) is 2.06. The molecule has 0 fully saturated rings. The summed E-state index contributed by atoms with van der Waals surface area (Å²) in [6.45, 7) is 5.38. The predicted octanol–water partition coefficient (Wildman–Crippen LogP) is 2.98. The normalized spacial score (nSPS) is 13.2. The highest BCUT2D eigenvalue weighted by Crippen LogP contribution is 2.31. The van der Waals surface area contributed by atoms with Gasteiger partial charge in [-0.2, -0.15) is 0 Å². The van der Waals surface area contributed by atoms with E-state index in [1.54, 1.807) is 41.3 Å². The molecule has 1 aliphatic rings. The number of carbonyl (C=O) groups is 1. The van der Waals surface area contributed by atoms with Crippen LogP contribution in [0.2, 0.25) is 0 Å². The first-order valence-corrected chi connectivity index (χ1v) is 10.4. The lowest BCUT2D eigenvalue weighted by Gasteiger charge is -2.17. The molecule has 3 rings (SSSR count). The van der Waals surface area contributed by atoms with Crippen molar-refractivity contribution in [1.82, 2.24) is 5.32 Å². The lowest BCUT2D eigenvalue weighted by atomic mass is 10.2. The quantitative estimate of drug-likeness (QED) is 0.795. The van der Waals surface area contributed by atoms with Crippen molar-refractivity contribution in [2.45, 2.75) is 25.2 Å². The van der Waals surface area contributed by atoms with Crippen molar-refractivity contribution < 1.29 is 17.9 Å². The van der Waals surface area contributed by atoms with Crippen molar-refractivity contribution in [3.05, 3.63) is 48.0 Å². The summed E-state index contributed by atoms with van der Waals surface area (Å²) < 4.78 is 33.3. The van der Waals surface area contributed by atoms with E-state index in [0.717, 1.165) is 11.3 Å². The zero-order valence-electron chi connectivity index (χ0n) is 15.4. The maximum atomic E-state index is 12.7. The molecule has 2 N–H and O–H groups in total. The summed E-state index contributed by atoms with van der Waals surface area (Å²) >= 11 is 0. The number of urea groups is 1. The van der Waals surface area contributed by atoms with Crippen LogP contribution >= 0.6 is 0 Å². The summed E-state index contributed by atoms with van der Waals surface area (Å²) in [4.78, 5) is 13.9. The van der Waals surface area contributed by atoms with E-state index in [-0.39, 0.29) is 10.9 Å². The Morgan fingerprint density at radius 3 is 2.56 bits per heavy atom. The van der Waals surface area contributed by atoms with Crippen LogP contribution in [0.1, 0.15) is 19.4 Å². The highest BCUT2D eigenvalue weighted by atomic mass is 32.2. The number of nitrogens with zero attached hydrogens (tertiary/aromatic N) is 1. The number of benzene rings is 2. The summed E-state index contributed by atoms with van der Waals surface area (Å²) in [5, 5.41) is 2.77. The Hall–Kier alpha value is -2.74. The largest absolute Gasteiger partial charge is 0.494 e. The molecule has 1 heterocycles. The number of fused-ring (bicyclic) bond motifs is 1. The van der Waals surface area contributed by atoms with Crippen molar-refractivity contribution in [3.63, 3.8) is 0 Å². The van der Waals surface area contributed by atoms with E-state index >= 15 is 0 Å². The van der Waals surface area contributed by atoms with Crippen LogP contribution in [0.15, 0.2) is 47.4 Å². The number of rotatable bonds is 6. The third-order valence-electron chi connectivity index (χ3n) is 4.25. The lowest BCUT2D eigenvalue weighted by molar-refractivity contribution is 0.247. The van der Waals surface area contributed by atoms with E-state index in [1.165, 1.54) is 6.07 Å². The van der Waals surface area contributed by atoms with E-state index in [0.29, 0.717) is 37.6 Å². The molecule has 0 atom stereocenters. The van der Waals surface area contributed by atoms with Crippen molar-refractivity contribution in [2.24, 2.45) is 0 Å². The highest BCUT2D eigenvalue weighted by molar-refractivity contribution is 7.92. The smallest absolute Gasteiger partial charge is 0.321 e. The monoisotopic (exact) mass is 389 g/mol.